The van der Waals surface area contributed by atoms with Crippen molar-refractivity contribution in [1.82, 2.24) is 5.32 Å². The molecular weight excluding hydrogens is 280 g/mol. The number of carbonyl (C=O) groups is 1. The normalized spacial score (nSPS) is 32.2. The van der Waals surface area contributed by atoms with Crippen molar-refractivity contribution >= 4 is 23.3 Å². The van der Waals surface area contributed by atoms with E-state index >= 15 is 0 Å². The van der Waals surface area contributed by atoms with Crippen molar-refractivity contribution < 1.29 is 4.79 Å². The van der Waals surface area contributed by atoms with Crippen molar-refractivity contribution in [2.24, 2.45) is 4.99 Å². The number of hydrogen-bond donors (Lipinski definition) is 1. The summed E-state index contributed by atoms with van der Waals surface area (Å²) in [6, 6.07) is 5.02. The van der Waals surface area contributed by atoms with E-state index in [2.05, 4.69) is 22.8 Å². The lowest BCUT2D eigenvalue weighted by molar-refractivity contribution is -0.115. The van der Waals surface area contributed by atoms with Crippen LogP contribution >= 0.6 is 11.3 Å². The van der Waals surface area contributed by atoms with Gasteiger partial charge in [0.2, 0.25) is 0 Å². The summed E-state index contributed by atoms with van der Waals surface area (Å²) in [6.45, 7) is 0. The Morgan fingerprint density at radius 1 is 1.24 bits per heavy atom. The predicted octanol–water partition coefficient (Wildman–Crippen LogP) is 3.43. The molecule has 0 aromatic carbocycles. The van der Waals surface area contributed by atoms with Crippen LogP contribution in [0.3, 0.4) is 0 Å². The summed E-state index contributed by atoms with van der Waals surface area (Å²) in [6.07, 6.45) is 8.31. The van der Waals surface area contributed by atoms with Gasteiger partial charge in [0, 0.05) is 35.2 Å². The van der Waals surface area contributed by atoms with Gasteiger partial charge < -0.3 is 5.32 Å². The third-order valence-corrected chi connectivity index (χ3v) is 5.97. The minimum absolute atomic E-state index is 0.254. The van der Waals surface area contributed by atoms with Crippen molar-refractivity contribution in [2.45, 2.75) is 56.5 Å². The predicted molar refractivity (Wildman–Crippen MR) is 86.0 cm³/mol. The average Bonchev–Trinajstić information content (AvgIpc) is 2.95. The second kappa shape index (κ2) is 5.41. The number of carbonyl (C=O) groups excluding carboxylic acids is 1. The van der Waals surface area contributed by atoms with Gasteiger partial charge in [0.15, 0.2) is 5.78 Å². The highest BCUT2D eigenvalue weighted by Gasteiger charge is 2.33. The fourth-order valence-electron chi connectivity index (χ4n) is 3.79. The van der Waals surface area contributed by atoms with Gasteiger partial charge in [0.1, 0.15) is 0 Å². The molecule has 1 aromatic heterocycles. The molecule has 1 aliphatic heterocycles. The molecule has 1 N–H and O–H groups in total. The zero-order chi connectivity index (χ0) is 14.2. The lowest BCUT2D eigenvalue weighted by Gasteiger charge is -2.32. The molecule has 2 aliphatic carbocycles. The molecule has 1 saturated carbocycles. The number of allylic oxidation sites excluding steroid dienone is 2. The van der Waals surface area contributed by atoms with Gasteiger partial charge in [0.05, 0.1) is 11.6 Å². The molecule has 2 heterocycles. The van der Waals surface area contributed by atoms with Gasteiger partial charge in [-0.25, -0.2) is 0 Å². The first-order valence-electron chi connectivity index (χ1n) is 7.91. The molecule has 0 bridgehead atoms. The summed E-state index contributed by atoms with van der Waals surface area (Å²) in [5.74, 6) is 0.599. The Morgan fingerprint density at radius 2 is 2.14 bits per heavy atom. The third-order valence-electron chi connectivity index (χ3n) is 4.94. The lowest BCUT2D eigenvalue weighted by Crippen LogP contribution is -2.41. The minimum atomic E-state index is 0.254. The highest BCUT2D eigenvalue weighted by atomic mass is 32.1. The van der Waals surface area contributed by atoms with Gasteiger partial charge in [-0.05, 0) is 30.7 Å². The number of thiophene rings is 1. The first-order chi connectivity index (χ1) is 10.3. The van der Waals surface area contributed by atoms with E-state index in [0.717, 1.165) is 24.1 Å². The van der Waals surface area contributed by atoms with Gasteiger partial charge in [-0.2, -0.15) is 0 Å². The maximum atomic E-state index is 12.5. The summed E-state index contributed by atoms with van der Waals surface area (Å²) >= 11 is 1.76. The second-order valence-corrected chi connectivity index (χ2v) is 7.30. The van der Waals surface area contributed by atoms with E-state index in [0.29, 0.717) is 24.4 Å². The number of hydrogen-bond acceptors (Lipinski definition) is 4. The van der Waals surface area contributed by atoms with Crippen LogP contribution in [-0.2, 0) is 4.79 Å². The van der Waals surface area contributed by atoms with Crippen molar-refractivity contribution in [2.75, 3.05) is 0 Å². The quantitative estimate of drug-likeness (QED) is 0.863. The molecule has 0 saturated heterocycles. The van der Waals surface area contributed by atoms with Gasteiger partial charge in [-0.15, -0.1) is 11.3 Å². The van der Waals surface area contributed by atoms with E-state index in [1.54, 1.807) is 11.3 Å². The molecule has 3 atom stereocenters. The smallest absolute Gasteiger partial charge is 0.166 e. The molecule has 4 heteroatoms. The van der Waals surface area contributed by atoms with Crippen LogP contribution in [0.15, 0.2) is 33.8 Å². The van der Waals surface area contributed by atoms with E-state index in [1.165, 1.54) is 24.1 Å². The van der Waals surface area contributed by atoms with Crippen LogP contribution in [0, 0.1) is 0 Å². The molecule has 3 nitrogen and oxygen atoms in total. The van der Waals surface area contributed by atoms with Gasteiger partial charge in [0.25, 0.3) is 0 Å². The molecular formula is C17H20N2OS. The topological polar surface area (TPSA) is 41.5 Å². The number of aliphatic imine (C=N–C) groups is 1. The summed E-state index contributed by atoms with van der Waals surface area (Å²) in [7, 11) is 0. The number of rotatable bonds is 1. The van der Waals surface area contributed by atoms with Crippen molar-refractivity contribution in [3.05, 3.63) is 33.7 Å². The molecule has 0 amide bonds. The molecule has 4 rings (SSSR count). The van der Waals surface area contributed by atoms with Gasteiger partial charge in [-0.1, -0.05) is 18.9 Å². The van der Waals surface area contributed by atoms with E-state index < -0.39 is 0 Å². The van der Waals surface area contributed by atoms with E-state index in [9.17, 15) is 4.79 Å². The largest absolute Gasteiger partial charge is 0.383 e. The molecule has 3 aliphatic rings. The summed E-state index contributed by atoms with van der Waals surface area (Å²) in [4.78, 5) is 18.5. The average molecular weight is 300 g/mol. The molecule has 0 radical (unpaired) electrons. The highest BCUT2D eigenvalue weighted by Crippen LogP contribution is 2.37. The Hall–Kier alpha value is -1.42. The SMILES string of the molecule is O=C1CC(c2cccs2)CC2=C1C=NC1CCCCC1N2. The Bertz CT molecular complexity index is 602. The van der Waals surface area contributed by atoms with Crippen LogP contribution in [0.4, 0.5) is 0 Å². The summed E-state index contributed by atoms with van der Waals surface area (Å²) < 4.78 is 0. The Balaban J connectivity index is 1.63. The summed E-state index contributed by atoms with van der Waals surface area (Å²) in [5.41, 5.74) is 1.99. The molecule has 21 heavy (non-hydrogen) atoms. The minimum Gasteiger partial charge on any atom is -0.383 e. The fraction of sp³-hybridized carbons (Fsp3) is 0.529. The number of fused-ring (bicyclic) bond motifs is 1. The molecule has 110 valence electrons. The third kappa shape index (κ3) is 2.46. The van der Waals surface area contributed by atoms with Crippen molar-refractivity contribution in [3.8, 4) is 0 Å². The Kier molecular flexibility index (Phi) is 3.42. The van der Waals surface area contributed by atoms with Gasteiger partial charge >= 0.3 is 0 Å². The maximum absolute atomic E-state index is 12.5. The first-order valence-corrected chi connectivity index (χ1v) is 8.78. The van der Waals surface area contributed by atoms with Crippen molar-refractivity contribution in [3.63, 3.8) is 0 Å². The van der Waals surface area contributed by atoms with Crippen molar-refractivity contribution in [1.29, 1.82) is 0 Å². The number of nitrogens with one attached hydrogen (secondary N) is 1. The van der Waals surface area contributed by atoms with E-state index in [4.69, 9.17) is 4.99 Å². The lowest BCUT2D eigenvalue weighted by atomic mass is 9.85. The van der Waals surface area contributed by atoms with E-state index in [-0.39, 0.29) is 5.78 Å². The zero-order valence-electron chi connectivity index (χ0n) is 12.0. The molecule has 1 aromatic rings. The standard InChI is InChI=1S/C17H20N2OS/c20-16-9-11(17-6-3-7-21-17)8-15-12(16)10-18-13-4-1-2-5-14(13)19-15/h3,6-7,10-11,13-14,19H,1-2,4-5,8-9H2. The second-order valence-electron chi connectivity index (χ2n) is 6.32. The molecule has 0 spiro atoms. The first kappa shape index (κ1) is 13.3. The van der Waals surface area contributed by atoms with Crippen LogP contribution in [0.5, 0.6) is 0 Å². The van der Waals surface area contributed by atoms with Gasteiger partial charge in [-0.3, -0.25) is 9.79 Å². The van der Waals surface area contributed by atoms with Crippen LogP contribution in [-0.4, -0.2) is 24.1 Å². The number of Topliss-reactive ketones (excluding diaryl/α,β-unsaturated/α-hetero) is 1. The zero-order valence-corrected chi connectivity index (χ0v) is 12.9. The van der Waals surface area contributed by atoms with Crippen LogP contribution in [0.2, 0.25) is 0 Å². The highest BCUT2D eigenvalue weighted by molar-refractivity contribution is 7.10. The van der Waals surface area contributed by atoms with Crippen LogP contribution in [0.1, 0.15) is 49.3 Å². The Morgan fingerprint density at radius 3 is 3.00 bits per heavy atom. The maximum Gasteiger partial charge on any atom is 0.166 e. The van der Waals surface area contributed by atoms with Crippen LogP contribution in [0.25, 0.3) is 0 Å². The summed E-state index contributed by atoms with van der Waals surface area (Å²) in [5, 5.41) is 5.78. The van der Waals surface area contributed by atoms with E-state index in [1.807, 2.05) is 6.21 Å². The monoisotopic (exact) mass is 300 g/mol. The molecule has 3 unspecified atom stereocenters. The Labute approximate surface area is 129 Å². The number of nitrogens with zero attached hydrogens (tertiary/aromatic N) is 1. The fourth-order valence-corrected chi connectivity index (χ4v) is 4.62. The number of ketones is 1. The van der Waals surface area contributed by atoms with Crippen LogP contribution < -0.4 is 5.32 Å². The molecule has 1 fully saturated rings.